The van der Waals surface area contributed by atoms with E-state index >= 15 is 0 Å². The summed E-state index contributed by atoms with van der Waals surface area (Å²) in [4.78, 5) is 73.4. The molecule has 0 saturated carbocycles. The summed E-state index contributed by atoms with van der Waals surface area (Å²) in [6.45, 7) is 19.8. The second kappa shape index (κ2) is 24.6. The van der Waals surface area contributed by atoms with Gasteiger partial charge in [-0.05, 0) is 83.7 Å². The Kier molecular flexibility index (Phi) is 18.9. The number of hydrogen-bond acceptors (Lipinski definition) is 18. The topological polar surface area (TPSA) is 225 Å². The first-order chi connectivity index (χ1) is 33.4. The van der Waals surface area contributed by atoms with Gasteiger partial charge in [-0.2, -0.15) is 0 Å². The van der Waals surface area contributed by atoms with Crippen molar-refractivity contribution in [1.82, 2.24) is 35.1 Å². The molecule has 6 aromatic rings. The minimum atomic E-state index is -0.552. The van der Waals surface area contributed by atoms with E-state index in [0.717, 1.165) is 72.5 Å². The molecule has 0 spiro atoms. The smallest absolute Gasteiger partial charge is 0.410 e. The Balaban J connectivity index is 0.000000211. The summed E-state index contributed by atoms with van der Waals surface area (Å²) >= 11 is 6.13. The van der Waals surface area contributed by atoms with Crippen LogP contribution in [0.2, 0.25) is 0 Å². The monoisotopic (exact) mass is 1030 g/mol. The zero-order valence-electron chi connectivity index (χ0n) is 40.9. The largest absolute Gasteiger partial charge is 0.444 e. The van der Waals surface area contributed by atoms with Crippen LogP contribution in [0.5, 0.6) is 0 Å². The Hall–Kier alpha value is -5.46. The number of fused-ring (bicyclic) bond motifs is 4. The molecule has 2 aliphatic heterocycles. The number of carbonyl (C=O) groups excluding carboxylic acids is 4. The normalized spacial score (nSPS) is 13.3. The first kappa shape index (κ1) is 53.9. The number of methoxy groups -OCH3 is 2. The number of thiophene rings is 2. The maximum Gasteiger partial charge on any atom is 0.410 e. The van der Waals surface area contributed by atoms with Crippen molar-refractivity contribution in [3.63, 3.8) is 0 Å². The Morgan fingerprint density at radius 3 is 1.63 bits per heavy atom. The van der Waals surface area contributed by atoms with Crippen LogP contribution in [0.3, 0.4) is 0 Å². The summed E-state index contributed by atoms with van der Waals surface area (Å²) in [5.41, 5.74) is 9.70. The van der Waals surface area contributed by atoms with Gasteiger partial charge in [-0.15, -0.1) is 45.3 Å². The molecule has 2 aliphatic rings. The number of aromatic nitrogens is 4. The summed E-state index contributed by atoms with van der Waals surface area (Å²) in [7, 11) is 3.28. The van der Waals surface area contributed by atoms with Crippen molar-refractivity contribution in [1.29, 1.82) is 0 Å². The van der Waals surface area contributed by atoms with E-state index in [0.29, 0.717) is 78.3 Å². The molecular formula is C48H62N10O8S4. The number of anilines is 2. The number of thiazole rings is 2. The highest BCUT2D eigenvalue weighted by Crippen LogP contribution is 2.47. The molecular weight excluding hydrogens is 973 g/mol. The molecule has 0 aromatic carbocycles. The lowest BCUT2D eigenvalue weighted by molar-refractivity contribution is -0.116. The highest BCUT2D eigenvalue weighted by Gasteiger charge is 2.33. The lowest BCUT2D eigenvalue weighted by Crippen LogP contribution is -2.39. The summed E-state index contributed by atoms with van der Waals surface area (Å²) in [5, 5.41) is 12.4. The molecule has 0 saturated heterocycles. The quantitative estimate of drug-likeness (QED) is 0.0627. The summed E-state index contributed by atoms with van der Waals surface area (Å²) in [5.74, 6) is -0.344. The van der Waals surface area contributed by atoms with Crippen molar-refractivity contribution in [3.8, 4) is 21.1 Å². The van der Waals surface area contributed by atoms with E-state index in [-0.39, 0.29) is 24.0 Å². The number of nitrogens with one attached hydrogen (secondary N) is 3. The van der Waals surface area contributed by atoms with Gasteiger partial charge >= 0.3 is 12.2 Å². The van der Waals surface area contributed by atoms with Crippen LogP contribution in [0.15, 0.2) is 49.6 Å². The molecule has 0 atom stereocenters. The molecule has 0 aliphatic carbocycles. The molecule has 8 heterocycles. The molecule has 5 N–H and O–H groups in total. The number of carbonyl (C=O) groups is 4. The molecule has 376 valence electrons. The SMILES string of the molecule is C=CC(=O)Nc1sc2c(c1-c1nc3cnccc3s1)CCN(C(=O)OC(C)(C)C)C2.COCCN.COCCNCCC(=O)Nc1sc2c(c1-c1nc3cnccc3s1)CCN(C(=O)OC(C)(C)C)C2. The molecule has 18 nitrogen and oxygen atoms in total. The van der Waals surface area contributed by atoms with E-state index < -0.39 is 11.2 Å². The van der Waals surface area contributed by atoms with E-state index in [9.17, 15) is 19.2 Å². The molecule has 0 fully saturated rings. The molecule has 8 rings (SSSR count). The predicted molar refractivity (Wildman–Crippen MR) is 280 cm³/mol. The lowest BCUT2D eigenvalue weighted by atomic mass is 10.0. The Labute approximate surface area is 424 Å². The van der Waals surface area contributed by atoms with Crippen LogP contribution in [0, 0.1) is 0 Å². The van der Waals surface area contributed by atoms with Crippen molar-refractivity contribution in [2.75, 3.05) is 70.8 Å². The lowest BCUT2D eigenvalue weighted by Gasteiger charge is -2.30. The van der Waals surface area contributed by atoms with Crippen LogP contribution in [0.25, 0.3) is 41.6 Å². The van der Waals surface area contributed by atoms with Crippen LogP contribution >= 0.6 is 45.3 Å². The van der Waals surface area contributed by atoms with E-state index in [4.69, 9.17) is 29.9 Å². The highest BCUT2D eigenvalue weighted by atomic mass is 32.1. The molecule has 0 radical (unpaired) electrons. The van der Waals surface area contributed by atoms with Gasteiger partial charge in [-0.1, -0.05) is 6.58 Å². The molecule has 4 amide bonds. The summed E-state index contributed by atoms with van der Waals surface area (Å²) in [6.07, 6.45) is 9.27. The second-order valence-corrected chi connectivity index (χ2v) is 22.2. The van der Waals surface area contributed by atoms with E-state index in [1.54, 1.807) is 71.5 Å². The molecule has 22 heteroatoms. The average Bonchev–Trinajstić information content (AvgIpc) is 4.10. The van der Waals surface area contributed by atoms with Gasteiger partial charge in [0.1, 0.15) is 42.3 Å². The minimum absolute atomic E-state index is 0.0680. The number of amides is 4. The van der Waals surface area contributed by atoms with Gasteiger partial charge in [0.2, 0.25) is 11.8 Å². The first-order valence-electron chi connectivity index (χ1n) is 22.7. The van der Waals surface area contributed by atoms with E-state index in [2.05, 4.69) is 37.2 Å². The van der Waals surface area contributed by atoms with Gasteiger partial charge in [0.05, 0.1) is 48.1 Å². The zero-order valence-corrected chi connectivity index (χ0v) is 44.2. The van der Waals surface area contributed by atoms with Crippen molar-refractivity contribution in [2.45, 2.75) is 85.1 Å². The van der Waals surface area contributed by atoms with Crippen molar-refractivity contribution in [2.24, 2.45) is 5.73 Å². The average molecular weight is 1040 g/mol. The van der Waals surface area contributed by atoms with Crippen LogP contribution in [-0.2, 0) is 54.5 Å². The Bertz CT molecular complexity index is 2700. The molecule has 0 bridgehead atoms. The zero-order chi connectivity index (χ0) is 50.6. The van der Waals surface area contributed by atoms with E-state index in [1.165, 1.54) is 28.7 Å². The Morgan fingerprint density at radius 2 is 1.21 bits per heavy atom. The molecule has 70 heavy (non-hydrogen) atoms. The van der Waals surface area contributed by atoms with Gasteiger partial charge in [0, 0.05) is 86.6 Å². The minimum Gasteiger partial charge on any atom is -0.444 e. The van der Waals surface area contributed by atoms with Crippen molar-refractivity contribution >= 4 is 99.8 Å². The summed E-state index contributed by atoms with van der Waals surface area (Å²) in [6, 6.07) is 3.88. The van der Waals surface area contributed by atoms with Gasteiger partial charge in [-0.3, -0.25) is 19.6 Å². The van der Waals surface area contributed by atoms with Crippen LogP contribution < -0.4 is 21.7 Å². The fraction of sp³-hybridized carbons (Fsp3) is 0.458. The first-order valence-corrected chi connectivity index (χ1v) is 26.0. The third-order valence-corrected chi connectivity index (χ3v) is 14.6. The number of nitrogens with two attached hydrogens (primary N) is 1. The standard InChI is InChI=1S/C24H31N5O4S2.C21H22N4O3S2.C3H9NO/c1-24(2,3)33-23(31)29-11-7-15-18(14-29)35-22(28-19(30)6-9-25-10-12-32-4)20(15)21-27-16-13-26-8-5-17(16)34-21;1-5-16(26)24-19-17(18-23-13-10-22-8-6-14(13)29-18)12-7-9-25(11-15(12)30-19)20(27)28-21(2,3)4;1-5-3-2-4/h5,8,13,25H,6-7,9-12,14H2,1-4H3,(H,28,30);5-6,8,10H,1,7,9,11H2,2-4H3,(H,24,26);2-4H2,1H3. The third kappa shape index (κ3) is 14.6. The predicted octanol–water partition coefficient (Wildman–Crippen LogP) is 8.71. The number of nitrogens with zero attached hydrogens (tertiary/aromatic N) is 6. The van der Waals surface area contributed by atoms with E-state index in [1.807, 2.05) is 53.7 Å². The van der Waals surface area contributed by atoms with Gasteiger partial charge in [0.25, 0.3) is 0 Å². The maximum absolute atomic E-state index is 12.8. The number of rotatable bonds is 13. The van der Waals surface area contributed by atoms with Crippen molar-refractivity contribution < 1.29 is 38.1 Å². The molecule has 0 unspecified atom stereocenters. The van der Waals surface area contributed by atoms with Crippen LogP contribution in [-0.4, -0.2) is 125 Å². The Morgan fingerprint density at radius 1 is 0.729 bits per heavy atom. The maximum atomic E-state index is 12.8. The fourth-order valence-corrected chi connectivity index (χ4v) is 11.8. The van der Waals surface area contributed by atoms with Crippen LogP contribution in [0.1, 0.15) is 68.8 Å². The van der Waals surface area contributed by atoms with Gasteiger partial charge < -0.3 is 50.4 Å². The fourth-order valence-electron chi connectivity index (χ4n) is 7.15. The number of hydrogen-bond donors (Lipinski definition) is 4. The van der Waals surface area contributed by atoms with Gasteiger partial charge in [0.15, 0.2) is 0 Å². The van der Waals surface area contributed by atoms with Gasteiger partial charge in [-0.25, -0.2) is 19.6 Å². The number of pyridine rings is 2. The van der Waals surface area contributed by atoms with Crippen LogP contribution in [0.4, 0.5) is 19.6 Å². The number of ether oxygens (including phenoxy) is 4. The second-order valence-electron chi connectivity index (χ2n) is 18.0. The summed E-state index contributed by atoms with van der Waals surface area (Å²) < 4.78 is 22.8. The van der Waals surface area contributed by atoms with Crippen molar-refractivity contribution in [3.05, 3.63) is 70.5 Å². The third-order valence-electron chi connectivity index (χ3n) is 10.2. The molecule has 6 aromatic heterocycles. The highest BCUT2D eigenvalue weighted by molar-refractivity contribution is 7.23.